The SMILES string of the molecule is COC(=O)[C@H](Cc1ccc(O)c([NH+]([O-])O)c1)NC(=O)CON=C1C=C[C@@]2(C)C(=C1)CC[C@@H]1[C@@H]2CC[C@@]2(C)[C@H]1CC[C@]2(C)O. The van der Waals surface area contributed by atoms with Crippen LogP contribution in [0.5, 0.6) is 5.75 Å². The molecule has 0 radical (unpaired) electrons. The van der Waals surface area contributed by atoms with Crippen molar-refractivity contribution in [3.63, 3.8) is 0 Å². The predicted molar refractivity (Wildman–Crippen MR) is 157 cm³/mol. The van der Waals surface area contributed by atoms with Crippen LogP contribution in [0.3, 0.4) is 0 Å². The van der Waals surface area contributed by atoms with Crippen LogP contribution in [-0.2, 0) is 25.6 Å². The zero-order chi connectivity index (χ0) is 31.2. The number of fused-ring (bicyclic) bond motifs is 5. The summed E-state index contributed by atoms with van der Waals surface area (Å²) in [6.07, 6.45) is 12.3. The molecule has 1 unspecified atom stereocenters. The van der Waals surface area contributed by atoms with Gasteiger partial charge in [0.1, 0.15) is 11.8 Å². The summed E-state index contributed by atoms with van der Waals surface area (Å²) < 4.78 is 4.81. The Kier molecular flexibility index (Phi) is 8.47. The van der Waals surface area contributed by atoms with Crippen LogP contribution in [0.25, 0.3) is 0 Å². The van der Waals surface area contributed by atoms with E-state index < -0.39 is 41.1 Å². The molecule has 3 saturated carbocycles. The number of nitrogens with zero attached hydrogens (tertiary/aromatic N) is 1. The van der Waals surface area contributed by atoms with Gasteiger partial charge in [-0.2, -0.15) is 5.23 Å². The minimum atomic E-state index is -1.31. The summed E-state index contributed by atoms with van der Waals surface area (Å²) in [5.74, 6) is -0.0622. The molecule has 1 aromatic rings. The van der Waals surface area contributed by atoms with Crippen LogP contribution in [0.4, 0.5) is 5.69 Å². The number of rotatable bonds is 8. The first-order valence-corrected chi connectivity index (χ1v) is 15.0. The number of carbonyl (C=O) groups excluding carboxylic acids is 2. The van der Waals surface area contributed by atoms with Crippen molar-refractivity contribution in [1.82, 2.24) is 5.32 Å². The Balaban J connectivity index is 1.20. The number of methoxy groups -OCH3 is 1. The molecule has 0 aromatic heterocycles. The van der Waals surface area contributed by atoms with Crippen LogP contribution in [0, 0.1) is 33.8 Å². The lowest BCUT2D eigenvalue weighted by Gasteiger charge is -2.58. The van der Waals surface area contributed by atoms with Gasteiger partial charge in [0.25, 0.3) is 5.91 Å². The first kappa shape index (κ1) is 31.2. The number of quaternary nitrogens is 1. The summed E-state index contributed by atoms with van der Waals surface area (Å²) in [5, 5.41) is 46.9. The smallest absolute Gasteiger partial charge is 0.328 e. The van der Waals surface area contributed by atoms with Crippen molar-refractivity contribution in [3.8, 4) is 5.75 Å². The number of phenolic OH excluding ortho intramolecular Hbond substituents is 1. The first-order valence-electron chi connectivity index (χ1n) is 15.0. The van der Waals surface area contributed by atoms with Gasteiger partial charge in [0.2, 0.25) is 5.69 Å². The van der Waals surface area contributed by atoms with E-state index in [4.69, 9.17) is 9.57 Å². The molecule has 0 saturated heterocycles. The number of allylic oxidation sites excluding steroid dienone is 4. The van der Waals surface area contributed by atoms with Gasteiger partial charge in [-0.05, 0) is 92.4 Å². The third-order valence-electron chi connectivity index (χ3n) is 11.0. The van der Waals surface area contributed by atoms with Gasteiger partial charge in [0.05, 0.1) is 12.7 Å². The molecule has 43 heavy (non-hydrogen) atoms. The van der Waals surface area contributed by atoms with E-state index in [-0.39, 0.29) is 22.9 Å². The summed E-state index contributed by atoms with van der Waals surface area (Å²) in [5.41, 5.74) is 1.36. The third kappa shape index (κ3) is 5.71. The number of benzene rings is 1. The van der Waals surface area contributed by atoms with Crippen molar-refractivity contribution in [2.45, 2.75) is 77.4 Å². The number of phenols is 1. The molecule has 0 bridgehead atoms. The standard InChI is InChI=1S/C32H43N3O8/c1-30-12-9-21(17-20(30)6-7-22-23(30)10-13-31(2)24(22)11-14-32(31,3)39)34-43-18-28(37)33-25(29(38)42-4)15-19-5-8-27(36)26(16-19)35(40)41/h5,8-9,12,16-17,22-25,35-36,39-40H,6-7,10-11,13-15,18H2,1-4H3,(H,33,37)/t22-,23+,24+,25+,30+,31+,32+/m1/s1. The quantitative estimate of drug-likeness (QED) is 0.173. The van der Waals surface area contributed by atoms with E-state index in [1.807, 2.05) is 13.0 Å². The van der Waals surface area contributed by atoms with Crippen LogP contribution in [0.15, 0.2) is 47.2 Å². The normalized spacial score (nSPS) is 35.2. The predicted octanol–water partition coefficient (Wildman–Crippen LogP) is 2.86. The van der Waals surface area contributed by atoms with Gasteiger partial charge >= 0.3 is 5.97 Å². The van der Waals surface area contributed by atoms with Crippen molar-refractivity contribution in [2.24, 2.45) is 33.7 Å². The Morgan fingerprint density at radius 3 is 2.65 bits per heavy atom. The van der Waals surface area contributed by atoms with Gasteiger partial charge in [-0.15, -0.1) is 0 Å². The largest absolute Gasteiger partial charge is 0.595 e. The van der Waals surface area contributed by atoms with Gasteiger partial charge in [0, 0.05) is 17.9 Å². The highest BCUT2D eigenvalue weighted by molar-refractivity contribution is 6.05. The fourth-order valence-corrected chi connectivity index (χ4v) is 8.36. The number of ether oxygens (including phenoxy) is 1. The number of aliphatic hydroxyl groups is 1. The molecule has 0 aliphatic heterocycles. The Morgan fingerprint density at radius 2 is 1.93 bits per heavy atom. The first-order chi connectivity index (χ1) is 20.3. The number of nitrogens with one attached hydrogen (secondary N) is 2. The maximum absolute atomic E-state index is 12.6. The second kappa shape index (κ2) is 11.7. The number of amides is 1. The molecule has 5 N–H and O–H groups in total. The highest BCUT2D eigenvalue weighted by atomic mass is 16.8. The average molecular weight is 598 g/mol. The van der Waals surface area contributed by atoms with E-state index in [1.165, 1.54) is 30.9 Å². The molecule has 1 aromatic carbocycles. The topological polar surface area (TPSA) is 165 Å². The van der Waals surface area contributed by atoms with Crippen molar-refractivity contribution < 1.29 is 39.8 Å². The molecule has 0 heterocycles. The molecule has 1 amide bonds. The van der Waals surface area contributed by atoms with E-state index >= 15 is 0 Å². The third-order valence-corrected chi connectivity index (χ3v) is 11.0. The highest BCUT2D eigenvalue weighted by Crippen LogP contribution is 2.66. The zero-order valence-electron chi connectivity index (χ0n) is 25.3. The van der Waals surface area contributed by atoms with Crippen LogP contribution < -0.4 is 10.5 Å². The van der Waals surface area contributed by atoms with Gasteiger partial charge in [0.15, 0.2) is 12.4 Å². The Morgan fingerprint density at radius 1 is 1.19 bits per heavy atom. The number of hydrogen-bond acceptors (Lipinski definition) is 9. The van der Waals surface area contributed by atoms with E-state index in [1.54, 1.807) is 0 Å². The lowest BCUT2D eigenvalue weighted by atomic mass is 9.47. The minimum Gasteiger partial charge on any atom is -0.595 e. The minimum absolute atomic E-state index is 0.0243. The molecule has 4 aliphatic carbocycles. The van der Waals surface area contributed by atoms with Crippen LogP contribution in [-0.4, -0.2) is 58.4 Å². The van der Waals surface area contributed by atoms with Crippen molar-refractivity contribution in [3.05, 3.63) is 52.8 Å². The van der Waals surface area contributed by atoms with Gasteiger partial charge in [-0.25, -0.2) is 10.0 Å². The average Bonchev–Trinajstić information content (AvgIpc) is 3.21. The maximum Gasteiger partial charge on any atom is 0.328 e. The summed E-state index contributed by atoms with van der Waals surface area (Å²) in [6.45, 7) is 6.20. The fourth-order valence-electron chi connectivity index (χ4n) is 8.36. The van der Waals surface area contributed by atoms with Gasteiger partial charge < -0.3 is 30.3 Å². The lowest BCUT2D eigenvalue weighted by molar-refractivity contribution is -0.991. The Bertz CT molecular complexity index is 1350. The summed E-state index contributed by atoms with van der Waals surface area (Å²) >= 11 is 0. The van der Waals surface area contributed by atoms with Crippen LogP contribution in [0.2, 0.25) is 0 Å². The molecule has 4 aliphatic rings. The molecule has 0 spiro atoms. The number of esters is 1. The Labute approximate surface area is 251 Å². The molecule has 11 nitrogen and oxygen atoms in total. The number of hydrogen-bond donors (Lipinski definition) is 5. The zero-order valence-corrected chi connectivity index (χ0v) is 25.3. The van der Waals surface area contributed by atoms with E-state index in [2.05, 4.69) is 36.5 Å². The van der Waals surface area contributed by atoms with Gasteiger partial charge in [-0.3, -0.25) is 4.79 Å². The summed E-state index contributed by atoms with van der Waals surface area (Å²) in [4.78, 5) is 30.3. The number of carbonyl (C=O) groups is 2. The van der Waals surface area contributed by atoms with Crippen molar-refractivity contribution in [1.29, 1.82) is 0 Å². The van der Waals surface area contributed by atoms with Crippen LogP contribution >= 0.6 is 0 Å². The molecule has 8 atom stereocenters. The van der Waals surface area contributed by atoms with E-state index in [0.717, 1.165) is 38.5 Å². The molecule has 5 rings (SSSR count). The molecular formula is C32H43N3O8. The maximum atomic E-state index is 12.6. The van der Waals surface area contributed by atoms with Gasteiger partial charge in [-0.1, -0.05) is 36.7 Å². The van der Waals surface area contributed by atoms with Crippen molar-refractivity contribution in [2.75, 3.05) is 13.7 Å². The molecule has 11 heteroatoms. The van der Waals surface area contributed by atoms with E-state index in [0.29, 0.717) is 29.0 Å². The Hall–Kier alpha value is -3.25. The number of oxime groups is 1. The lowest BCUT2D eigenvalue weighted by Crippen LogP contribution is -2.99. The van der Waals surface area contributed by atoms with Crippen molar-refractivity contribution >= 4 is 23.3 Å². The second-order valence-electron chi connectivity index (χ2n) is 13.3. The number of aromatic hydroxyl groups is 1. The fraction of sp³-hybridized carbons (Fsp3) is 0.594. The summed E-state index contributed by atoms with van der Waals surface area (Å²) in [7, 11) is 1.19. The molecule has 3 fully saturated rings. The van der Waals surface area contributed by atoms with Crippen LogP contribution in [0.1, 0.15) is 64.9 Å². The second-order valence-corrected chi connectivity index (χ2v) is 13.3. The molecule has 234 valence electrons. The highest BCUT2D eigenvalue weighted by Gasteiger charge is 2.62. The monoisotopic (exact) mass is 597 g/mol. The molecular weight excluding hydrogens is 554 g/mol. The van der Waals surface area contributed by atoms with E-state index in [9.17, 15) is 30.2 Å². The summed E-state index contributed by atoms with van der Waals surface area (Å²) in [6, 6.07) is 2.85.